The van der Waals surface area contributed by atoms with Crippen molar-refractivity contribution in [2.75, 3.05) is 13.2 Å². The minimum absolute atomic E-state index is 0.0268. The van der Waals surface area contributed by atoms with Gasteiger partial charge in [-0.3, -0.25) is 4.79 Å². The molecule has 0 radical (unpaired) electrons. The lowest BCUT2D eigenvalue weighted by Gasteiger charge is -2.57. The lowest BCUT2D eigenvalue weighted by Crippen LogP contribution is -2.76. The van der Waals surface area contributed by atoms with Crippen LogP contribution in [0.1, 0.15) is 39.7 Å². The lowest BCUT2D eigenvalue weighted by molar-refractivity contribution is -0.170. The molecule has 24 heavy (non-hydrogen) atoms. The Morgan fingerprint density at radius 2 is 2.08 bits per heavy atom. The van der Waals surface area contributed by atoms with Crippen LogP contribution in [0.3, 0.4) is 0 Å². The van der Waals surface area contributed by atoms with Crippen LogP contribution < -0.4 is 15.8 Å². The van der Waals surface area contributed by atoms with Crippen LogP contribution in [-0.4, -0.2) is 36.8 Å². The normalized spacial score (nSPS) is 26.3. The van der Waals surface area contributed by atoms with E-state index in [1.807, 2.05) is 58.9 Å². The number of hydrogen-bond donors (Lipinski definition) is 2. The maximum Gasteiger partial charge on any atom is 0.240 e. The fraction of sp³-hybridized carbons (Fsp3) is 0.632. The van der Waals surface area contributed by atoms with Gasteiger partial charge in [-0.15, -0.1) is 0 Å². The van der Waals surface area contributed by atoms with Gasteiger partial charge in [0.05, 0.1) is 12.6 Å². The van der Waals surface area contributed by atoms with E-state index in [1.165, 1.54) is 0 Å². The van der Waals surface area contributed by atoms with Gasteiger partial charge >= 0.3 is 0 Å². The molecule has 0 spiro atoms. The predicted octanol–water partition coefficient (Wildman–Crippen LogP) is 2.41. The van der Waals surface area contributed by atoms with Crippen LogP contribution in [0, 0.1) is 12.3 Å². The maximum atomic E-state index is 12.6. The number of rotatable bonds is 7. The SMILES string of the molecule is CCOC1CC(N)(C(=O)NCC(C)Oc2ccccc2C)C1(C)C. The number of para-hydroxylation sites is 1. The molecule has 0 saturated heterocycles. The highest BCUT2D eigenvalue weighted by Crippen LogP contribution is 2.49. The first-order valence-electron chi connectivity index (χ1n) is 8.63. The Labute approximate surface area is 144 Å². The number of hydrogen-bond acceptors (Lipinski definition) is 4. The molecule has 134 valence electrons. The zero-order chi connectivity index (χ0) is 18.0. The van der Waals surface area contributed by atoms with Crippen molar-refractivity contribution < 1.29 is 14.3 Å². The van der Waals surface area contributed by atoms with E-state index < -0.39 is 5.54 Å². The third kappa shape index (κ3) is 3.42. The fourth-order valence-electron chi connectivity index (χ4n) is 3.16. The summed E-state index contributed by atoms with van der Waals surface area (Å²) in [4.78, 5) is 12.6. The second kappa shape index (κ2) is 7.11. The standard InChI is InChI=1S/C19H30N2O3/c1-6-23-16-11-19(20,18(16,4)5)17(22)21-12-14(3)24-15-10-8-7-9-13(15)2/h7-10,14,16H,6,11-12,20H2,1-5H3,(H,21,22). The Morgan fingerprint density at radius 1 is 1.42 bits per heavy atom. The minimum atomic E-state index is -0.894. The number of benzene rings is 1. The van der Waals surface area contributed by atoms with Crippen molar-refractivity contribution in [3.8, 4) is 5.75 Å². The van der Waals surface area contributed by atoms with Crippen LogP contribution >= 0.6 is 0 Å². The predicted molar refractivity (Wildman–Crippen MR) is 95.0 cm³/mol. The molecule has 0 bridgehead atoms. The maximum absolute atomic E-state index is 12.6. The van der Waals surface area contributed by atoms with Gasteiger partial charge in [0, 0.05) is 18.4 Å². The van der Waals surface area contributed by atoms with E-state index in [4.69, 9.17) is 15.2 Å². The minimum Gasteiger partial charge on any atom is -0.489 e. The molecule has 0 heterocycles. The number of ether oxygens (including phenoxy) is 2. The average molecular weight is 334 g/mol. The molecule has 3 N–H and O–H groups in total. The van der Waals surface area contributed by atoms with Crippen LogP contribution in [0.2, 0.25) is 0 Å². The van der Waals surface area contributed by atoms with Crippen molar-refractivity contribution in [3.05, 3.63) is 29.8 Å². The first-order chi connectivity index (χ1) is 11.2. The summed E-state index contributed by atoms with van der Waals surface area (Å²) in [5.41, 5.74) is 6.17. The van der Waals surface area contributed by atoms with E-state index in [2.05, 4.69) is 5.32 Å². The quantitative estimate of drug-likeness (QED) is 0.803. The average Bonchev–Trinajstić information content (AvgIpc) is 2.54. The van der Waals surface area contributed by atoms with Gasteiger partial charge in [0.2, 0.25) is 5.91 Å². The summed E-state index contributed by atoms with van der Waals surface area (Å²) in [5, 5.41) is 2.94. The molecule has 1 amide bonds. The number of amides is 1. The highest BCUT2D eigenvalue weighted by atomic mass is 16.5. The monoisotopic (exact) mass is 334 g/mol. The third-order valence-corrected chi connectivity index (χ3v) is 5.21. The summed E-state index contributed by atoms with van der Waals surface area (Å²) in [6.45, 7) is 10.9. The zero-order valence-electron chi connectivity index (χ0n) is 15.4. The summed E-state index contributed by atoms with van der Waals surface area (Å²) < 4.78 is 11.6. The van der Waals surface area contributed by atoms with Gasteiger partial charge in [-0.25, -0.2) is 0 Å². The number of aryl methyl sites for hydroxylation is 1. The van der Waals surface area contributed by atoms with Crippen LogP contribution in [0.5, 0.6) is 5.75 Å². The Balaban J connectivity index is 1.88. The molecule has 5 heteroatoms. The second-order valence-electron chi connectivity index (χ2n) is 7.25. The first-order valence-corrected chi connectivity index (χ1v) is 8.63. The highest BCUT2D eigenvalue weighted by molar-refractivity contribution is 5.88. The summed E-state index contributed by atoms with van der Waals surface area (Å²) in [5.74, 6) is 0.700. The largest absolute Gasteiger partial charge is 0.489 e. The van der Waals surface area contributed by atoms with Gasteiger partial charge in [-0.1, -0.05) is 32.0 Å². The summed E-state index contributed by atoms with van der Waals surface area (Å²) in [6, 6.07) is 7.84. The van der Waals surface area contributed by atoms with E-state index >= 15 is 0 Å². The summed E-state index contributed by atoms with van der Waals surface area (Å²) in [6.07, 6.45) is 0.440. The van der Waals surface area contributed by atoms with Crippen molar-refractivity contribution >= 4 is 5.91 Å². The molecule has 0 aliphatic heterocycles. The lowest BCUT2D eigenvalue weighted by atomic mass is 9.54. The molecule has 1 aromatic rings. The molecule has 0 aromatic heterocycles. The van der Waals surface area contributed by atoms with Crippen molar-refractivity contribution in [2.45, 2.75) is 58.8 Å². The van der Waals surface area contributed by atoms with Crippen molar-refractivity contribution in [1.29, 1.82) is 0 Å². The second-order valence-corrected chi connectivity index (χ2v) is 7.25. The number of nitrogens with two attached hydrogens (primary N) is 1. The molecular formula is C19H30N2O3. The Kier molecular flexibility index (Phi) is 5.56. The third-order valence-electron chi connectivity index (χ3n) is 5.21. The smallest absolute Gasteiger partial charge is 0.240 e. The van der Waals surface area contributed by atoms with E-state index in [9.17, 15) is 4.79 Å². The van der Waals surface area contributed by atoms with Gasteiger partial charge in [0.15, 0.2) is 0 Å². The summed E-state index contributed by atoms with van der Waals surface area (Å²) in [7, 11) is 0. The number of carbonyl (C=O) groups excluding carboxylic acids is 1. The Morgan fingerprint density at radius 3 is 2.67 bits per heavy atom. The first kappa shape index (κ1) is 18.7. The van der Waals surface area contributed by atoms with Crippen LogP contribution in [0.25, 0.3) is 0 Å². The van der Waals surface area contributed by atoms with E-state index in [1.54, 1.807) is 0 Å². The fourth-order valence-corrected chi connectivity index (χ4v) is 3.16. The number of carbonyl (C=O) groups is 1. The van der Waals surface area contributed by atoms with Gasteiger partial charge in [0.1, 0.15) is 17.4 Å². The topological polar surface area (TPSA) is 73.6 Å². The molecule has 1 aliphatic carbocycles. The molecule has 3 atom stereocenters. The van der Waals surface area contributed by atoms with Crippen LogP contribution in [0.4, 0.5) is 0 Å². The molecule has 1 aliphatic rings. The van der Waals surface area contributed by atoms with Gasteiger partial charge in [-0.05, 0) is 32.4 Å². The van der Waals surface area contributed by atoms with Crippen molar-refractivity contribution in [1.82, 2.24) is 5.32 Å². The molecule has 3 unspecified atom stereocenters. The Bertz CT molecular complexity index is 588. The molecule has 1 saturated carbocycles. The van der Waals surface area contributed by atoms with E-state index in [0.717, 1.165) is 11.3 Å². The van der Waals surface area contributed by atoms with E-state index in [-0.39, 0.29) is 23.5 Å². The molecule has 2 rings (SSSR count). The van der Waals surface area contributed by atoms with Crippen molar-refractivity contribution in [3.63, 3.8) is 0 Å². The zero-order valence-corrected chi connectivity index (χ0v) is 15.4. The van der Waals surface area contributed by atoms with Crippen molar-refractivity contribution in [2.24, 2.45) is 11.1 Å². The van der Waals surface area contributed by atoms with E-state index in [0.29, 0.717) is 19.6 Å². The van der Waals surface area contributed by atoms with Gasteiger partial charge < -0.3 is 20.5 Å². The van der Waals surface area contributed by atoms with Crippen LogP contribution in [0.15, 0.2) is 24.3 Å². The molecule has 5 nitrogen and oxygen atoms in total. The molecular weight excluding hydrogens is 304 g/mol. The number of nitrogens with one attached hydrogen (secondary N) is 1. The van der Waals surface area contributed by atoms with Crippen LogP contribution in [-0.2, 0) is 9.53 Å². The van der Waals surface area contributed by atoms with Gasteiger partial charge in [0.25, 0.3) is 0 Å². The van der Waals surface area contributed by atoms with Gasteiger partial charge in [-0.2, -0.15) is 0 Å². The Hall–Kier alpha value is -1.59. The summed E-state index contributed by atoms with van der Waals surface area (Å²) >= 11 is 0. The molecule has 1 aromatic carbocycles. The molecule has 1 fully saturated rings. The highest BCUT2D eigenvalue weighted by Gasteiger charge is 2.62.